The quantitative estimate of drug-likeness (QED) is 0.153. The number of fused-ring (bicyclic) bond motifs is 14. The maximum atomic E-state index is 6.71. The highest BCUT2D eigenvalue weighted by atomic mass is 32.1. The molecule has 10 aromatic rings. The molecular formula is C64H64BN3OS. The highest BCUT2D eigenvalue weighted by Gasteiger charge is 2.49. The molecular weight excluding hydrogens is 870 g/mol. The van der Waals surface area contributed by atoms with Crippen molar-refractivity contribution in [1.29, 1.82) is 0 Å². The van der Waals surface area contributed by atoms with E-state index < -0.39 is 0 Å². The van der Waals surface area contributed by atoms with Crippen LogP contribution in [0.4, 0.5) is 34.1 Å². The Morgan fingerprint density at radius 1 is 0.429 bits per heavy atom. The number of hydrogen-bond donors (Lipinski definition) is 0. The Balaban J connectivity index is 1.22. The molecule has 0 aliphatic carbocycles. The van der Waals surface area contributed by atoms with Gasteiger partial charge >= 0.3 is 0 Å². The second-order valence-electron chi connectivity index (χ2n) is 26.0. The first-order chi connectivity index (χ1) is 32.9. The van der Waals surface area contributed by atoms with Crippen molar-refractivity contribution in [3.63, 3.8) is 0 Å². The van der Waals surface area contributed by atoms with Crippen LogP contribution in [0.2, 0.25) is 0 Å². The normalized spacial score (nSPS) is 14.7. The Bertz CT molecular complexity index is 3940. The molecule has 0 saturated heterocycles. The molecule has 3 aromatic heterocycles. The highest BCUT2D eigenvalue weighted by Crippen LogP contribution is 2.56. The number of benzene rings is 7. The van der Waals surface area contributed by atoms with Gasteiger partial charge in [-0.2, -0.15) is 0 Å². The first-order valence-corrected chi connectivity index (χ1v) is 26.3. The maximum absolute atomic E-state index is 6.71. The van der Waals surface area contributed by atoms with Gasteiger partial charge in [-0.25, -0.2) is 0 Å². The maximum Gasteiger partial charge on any atom is 0.264 e. The topological polar surface area (TPSA) is 24.6 Å². The van der Waals surface area contributed by atoms with Crippen LogP contribution < -0.4 is 25.5 Å². The van der Waals surface area contributed by atoms with Crippen molar-refractivity contribution >= 4 is 122 Å². The lowest BCUT2D eigenvalue weighted by Crippen LogP contribution is -2.61. The van der Waals surface area contributed by atoms with Crippen LogP contribution in [0.3, 0.4) is 0 Å². The Hall–Kier alpha value is -6.24. The minimum absolute atomic E-state index is 0.00425. The van der Waals surface area contributed by atoms with Gasteiger partial charge in [0.1, 0.15) is 11.2 Å². The summed E-state index contributed by atoms with van der Waals surface area (Å²) >= 11 is 1.99. The van der Waals surface area contributed by atoms with Gasteiger partial charge in [0, 0.05) is 59.5 Å². The van der Waals surface area contributed by atoms with E-state index in [9.17, 15) is 0 Å². The minimum atomic E-state index is -0.151. The SMILES string of the molecule is CC(C)(C)c1cc2c3c(c1)N1c4c(cc(C(C)(C)C)cc4-n4c5ccc(C(C)(C)C)cc5c5cc(C(C)(C)C)cc1c54)B3c1sc3ccc(C(C)(C)C)cc3c1N2c1ccc2c(c1)oc1ccccc12. The van der Waals surface area contributed by atoms with Crippen molar-refractivity contribution in [2.45, 2.75) is 131 Å². The summed E-state index contributed by atoms with van der Waals surface area (Å²) in [5.41, 5.74) is 22.2. The van der Waals surface area contributed by atoms with Crippen LogP contribution >= 0.6 is 11.3 Å². The molecule has 0 unspecified atom stereocenters. The van der Waals surface area contributed by atoms with Crippen LogP contribution in [0.25, 0.3) is 59.5 Å². The van der Waals surface area contributed by atoms with E-state index in [2.05, 4.69) is 233 Å². The number of furan rings is 1. The first-order valence-electron chi connectivity index (χ1n) is 25.5. The molecule has 70 heavy (non-hydrogen) atoms. The van der Waals surface area contributed by atoms with Gasteiger partial charge in [0.25, 0.3) is 6.71 Å². The van der Waals surface area contributed by atoms with E-state index in [1.165, 1.54) is 110 Å². The zero-order chi connectivity index (χ0) is 49.1. The predicted molar refractivity (Wildman–Crippen MR) is 305 cm³/mol. The molecule has 7 aromatic carbocycles. The number of nitrogens with zero attached hydrogens (tertiary/aromatic N) is 3. The van der Waals surface area contributed by atoms with Crippen LogP contribution in [0.15, 0.2) is 120 Å². The fourth-order valence-corrected chi connectivity index (χ4v) is 13.2. The number of hydrogen-bond acceptors (Lipinski definition) is 4. The number of rotatable bonds is 1. The van der Waals surface area contributed by atoms with E-state index >= 15 is 0 Å². The molecule has 0 atom stereocenters. The van der Waals surface area contributed by atoms with E-state index in [0.29, 0.717) is 0 Å². The van der Waals surface area contributed by atoms with Crippen molar-refractivity contribution in [2.75, 3.05) is 9.80 Å². The standard InChI is InChI=1S/C64H64BN3OS/c1-60(2,3)35-20-24-47-43(26-35)44-28-37(62(7,8)9)32-50-56(44)67(47)51-33-38(63(10,11)12)29-46-58(51)68(50)49-31-39(64(13,14)15)30-48-55(49)65(46)59-57(45-27-36(61(4,5)6)21-25-54(45)70-59)66(48)40-22-23-42-41-18-16-17-19-52(41)69-53(42)34-40/h16-34H,1-15H3. The monoisotopic (exact) mass is 933 g/mol. The van der Waals surface area contributed by atoms with E-state index in [1.54, 1.807) is 0 Å². The first kappa shape index (κ1) is 43.8. The lowest BCUT2D eigenvalue weighted by molar-refractivity contribution is 0.589. The summed E-state index contributed by atoms with van der Waals surface area (Å²) in [7, 11) is 0. The molecule has 3 aliphatic heterocycles. The van der Waals surface area contributed by atoms with E-state index in [-0.39, 0.29) is 33.8 Å². The molecule has 0 bridgehead atoms. The van der Waals surface area contributed by atoms with Crippen LogP contribution in [-0.2, 0) is 27.1 Å². The fraction of sp³-hybridized carbons (Fsp3) is 0.312. The molecule has 350 valence electrons. The zero-order valence-electron chi connectivity index (χ0n) is 43.7. The van der Waals surface area contributed by atoms with Crippen molar-refractivity contribution in [1.82, 2.24) is 4.57 Å². The van der Waals surface area contributed by atoms with Gasteiger partial charge < -0.3 is 18.8 Å². The fourth-order valence-electron chi connectivity index (χ4n) is 11.9. The third-order valence-corrected chi connectivity index (χ3v) is 17.2. The third kappa shape index (κ3) is 6.07. The molecule has 0 saturated carbocycles. The van der Waals surface area contributed by atoms with Gasteiger partial charge in [0.05, 0.1) is 33.8 Å². The van der Waals surface area contributed by atoms with Crippen molar-refractivity contribution < 1.29 is 4.42 Å². The van der Waals surface area contributed by atoms with Crippen molar-refractivity contribution in [3.05, 3.63) is 143 Å². The van der Waals surface area contributed by atoms with Gasteiger partial charge in [0.15, 0.2) is 0 Å². The summed E-state index contributed by atoms with van der Waals surface area (Å²) in [6.45, 7) is 35.4. The highest BCUT2D eigenvalue weighted by molar-refractivity contribution is 7.33. The zero-order valence-corrected chi connectivity index (χ0v) is 44.5. The second-order valence-corrected chi connectivity index (χ2v) is 27.1. The van der Waals surface area contributed by atoms with Crippen LogP contribution in [-0.4, -0.2) is 11.3 Å². The van der Waals surface area contributed by atoms with Gasteiger partial charge in [-0.05, 0) is 139 Å². The largest absolute Gasteiger partial charge is 0.456 e. The molecule has 13 rings (SSSR count). The lowest BCUT2D eigenvalue weighted by Gasteiger charge is -2.46. The number of para-hydroxylation sites is 1. The van der Waals surface area contributed by atoms with E-state index in [4.69, 9.17) is 4.42 Å². The molecule has 0 amide bonds. The minimum Gasteiger partial charge on any atom is -0.456 e. The number of aromatic nitrogens is 1. The number of anilines is 6. The summed E-state index contributed by atoms with van der Waals surface area (Å²) in [6, 6.07) is 45.3. The molecule has 3 aliphatic rings. The summed E-state index contributed by atoms with van der Waals surface area (Å²) in [6.07, 6.45) is 0. The molecule has 0 radical (unpaired) electrons. The molecule has 4 nitrogen and oxygen atoms in total. The summed E-state index contributed by atoms with van der Waals surface area (Å²) < 4.78 is 12.1. The Morgan fingerprint density at radius 3 is 1.67 bits per heavy atom. The average molecular weight is 934 g/mol. The van der Waals surface area contributed by atoms with E-state index in [1.807, 2.05) is 11.3 Å². The second kappa shape index (κ2) is 13.8. The Kier molecular flexibility index (Phi) is 8.62. The lowest BCUT2D eigenvalue weighted by atomic mass is 9.35. The summed E-state index contributed by atoms with van der Waals surface area (Å²) in [5, 5.41) is 6.24. The predicted octanol–water partition coefficient (Wildman–Crippen LogP) is 16.8. The molecule has 6 heteroatoms. The Labute approximate surface area is 418 Å². The number of thiophene rings is 1. The summed E-state index contributed by atoms with van der Waals surface area (Å²) in [4.78, 5) is 5.35. The Morgan fingerprint density at radius 2 is 0.986 bits per heavy atom. The average Bonchev–Trinajstić information content (AvgIpc) is 3.96. The molecule has 0 spiro atoms. The van der Waals surface area contributed by atoms with E-state index in [0.717, 1.165) is 27.6 Å². The van der Waals surface area contributed by atoms with Crippen LogP contribution in [0, 0.1) is 0 Å². The van der Waals surface area contributed by atoms with Gasteiger partial charge in [-0.3, -0.25) is 0 Å². The molecule has 6 heterocycles. The smallest absolute Gasteiger partial charge is 0.264 e. The molecule has 0 N–H and O–H groups in total. The van der Waals surface area contributed by atoms with Crippen molar-refractivity contribution in [2.24, 2.45) is 0 Å². The third-order valence-electron chi connectivity index (χ3n) is 16.0. The van der Waals surface area contributed by atoms with Gasteiger partial charge in [-0.15, -0.1) is 11.3 Å². The van der Waals surface area contributed by atoms with Crippen LogP contribution in [0.1, 0.15) is 132 Å². The summed E-state index contributed by atoms with van der Waals surface area (Å²) in [5.74, 6) is 0. The van der Waals surface area contributed by atoms with Crippen LogP contribution in [0.5, 0.6) is 0 Å². The van der Waals surface area contributed by atoms with Crippen molar-refractivity contribution in [3.8, 4) is 5.69 Å². The molecule has 0 fully saturated rings. The van der Waals surface area contributed by atoms with Gasteiger partial charge in [-0.1, -0.05) is 140 Å². The van der Waals surface area contributed by atoms with Gasteiger partial charge in [0.2, 0.25) is 0 Å².